The van der Waals surface area contributed by atoms with Crippen molar-refractivity contribution >= 4 is 11.5 Å². The van der Waals surface area contributed by atoms with Crippen molar-refractivity contribution in [2.24, 2.45) is 5.92 Å². The Morgan fingerprint density at radius 2 is 1.75 bits per heavy atom. The van der Waals surface area contributed by atoms with Gasteiger partial charge in [-0.25, -0.2) is 8.78 Å². The Kier molecular flexibility index (Phi) is 6.68. The van der Waals surface area contributed by atoms with Gasteiger partial charge >= 0.3 is 0 Å². The number of nitrogens with zero attached hydrogens (tertiary/aromatic N) is 1. The fourth-order valence-corrected chi connectivity index (χ4v) is 4.55. The molecule has 0 bridgehead atoms. The van der Waals surface area contributed by atoms with Gasteiger partial charge in [-0.3, -0.25) is 0 Å². The van der Waals surface area contributed by atoms with Gasteiger partial charge in [0.15, 0.2) is 0 Å². The fourth-order valence-electron chi connectivity index (χ4n) is 4.55. The maximum atomic E-state index is 12.9. The fraction of sp³-hybridized carbons (Fsp3) is 0.500. The number of rotatable bonds is 9. The third-order valence-corrected chi connectivity index (χ3v) is 6.35. The lowest BCUT2D eigenvalue weighted by molar-refractivity contribution is -0.119. The van der Waals surface area contributed by atoms with E-state index in [1.165, 1.54) is 0 Å². The van der Waals surface area contributed by atoms with E-state index in [2.05, 4.69) is 11.8 Å². The maximum absolute atomic E-state index is 12.9. The summed E-state index contributed by atoms with van der Waals surface area (Å²) in [6.45, 7) is 5.75. The Labute approximate surface area is 188 Å². The van der Waals surface area contributed by atoms with E-state index in [1.807, 2.05) is 48.5 Å². The highest BCUT2D eigenvalue weighted by Gasteiger charge is 2.45. The second kappa shape index (κ2) is 9.47. The van der Waals surface area contributed by atoms with Crippen molar-refractivity contribution in [3.8, 4) is 11.5 Å². The molecule has 1 saturated carbocycles. The minimum absolute atomic E-state index is 0.0485. The molecule has 2 atom stereocenters. The van der Waals surface area contributed by atoms with E-state index in [4.69, 9.17) is 9.47 Å². The Morgan fingerprint density at radius 3 is 2.38 bits per heavy atom. The van der Waals surface area contributed by atoms with Crippen LogP contribution in [0.5, 0.6) is 11.5 Å². The molecule has 0 spiro atoms. The third-order valence-electron chi connectivity index (χ3n) is 6.35. The highest BCUT2D eigenvalue weighted by atomic mass is 19.3. The van der Waals surface area contributed by atoms with Crippen LogP contribution in [-0.2, 0) is 4.79 Å². The predicted octanol–water partition coefficient (Wildman–Crippen LogP) is 5.85. The molecule has 0 radical (unpaired) electrons. The summed E-state index contributed by atoms with van der Waals surface area (Å²) in [5.41, 5.74) is 2.25. The van der Waals surface area contributed by atoms with Crippen LogP contribution in [0.1, 0.15) is 51.0 Å². The summed E-state index contributed by atoms with van der Waals surface area (Å²) in [4.78, 5) is 13.6. The standard InChI is InChI=1S/C26H31F2NO3/c1-18(13-19(2)30)21-3-7-24(8-4-21)32-25-11-12-29(16-25)22-5-9-23(10-6-22)31-17-20-14-26(27,28)15-20/h3-10,18,20,25H,11-17H2,1-2H3/t18-,25?/m1/s1. The maximum Gasteiger partial charge on any atom is 0.248 e. The molecule has 0 amide bonds. The molecule has 1 aliphatic heterocycles. The number of hydrogen-bond acceptors (Lipinski definition) is 4. The van der Waals surface area contributed by atoms with Crippen LogP contribution < -0.4 is 14.4 Å². The number of carbonyl (C=O) groups excluding carboxylic acids is 1. The van der Waals surface area contributed by atoms with Gasteiger partial charge in [-0.05, 0) is 54.8 Å². The average Bonchev–Trinajstić information content (AvgIpc) is 3.19. The highest BCUT2D eigenvalue weighted by molar-refractivity contribution is 5.76. The number of benzene rings is 2. The summed E-state index contributed by atoms with van der Waals surface area (Å²) in [5.74, 6) is -0.567. The Bertz CT molecular complexity index is 906. The topological polar surface area (TPSA) is 38.8 Å². The normalized spacial score (nSPS) is 21.1. The third kappa shape index (κ3) is 5.78. The number of anilines is 1. The van der Waals surface area contributed by atoms with Gasteiger partial charge in [-0.1, -0.05) is 19.1 Å². The lowest BCUT2D eigenvalue weighted by Crippen LogP contribution is -2.38. The van der Waals surface area contributed by atoms with Gasteiger partial charge in [-0.2, -0.15) is 0 Å². The van der Waals surface area contributed by atoms with Crippen LogP contribution in [0.4, 0.5) is 14.5 Å². The van der Waals surface area contributed by atoms with Crippen LogP contribution in [0.15, 0.2) is 48.5 Å². The van der Waals surface area contributed by atoms with E-state index in [1.54, 1.807) is 6.92 Å². The molecule has 2 aliphatic rings. The quantitative estimate of drug-likeness (QED) is 0.487. The van der Waals surface area contributed by atoms with Crippen molar-refractivity contribution in [2.75, 3.05) is 24.6 Å². The summed E-state index contributed by atoms with van der Waals surface area (Å²) >= 11 is 0. The van der Waals surface area contributed by atoms with Crippen LogP contribution >= 0.6 is 0 Å². The summed E-state index contributed by atoms with van der Waals surface area (Å²) < 4.78 is 37.7. The molecule has 0 aromatic heterocycles. The van der Waals surface area contributed by atoms with Crippen molar-refractivity contribution in [3.63, 3.8) is 0 Å². The molecule has 0 N–H and O–H groups in total. The van der Waals surface area contributed by atoms with E-state index in [-0.39, 0.29) is 36.6 Å². The first kappa shape index (κ1) is 22.6. The average molecular weight is 444 g/mol. The highest BCUT2D eigenvalue weighted by Crippen LogP contribution is 2.42. The molecule has 1 heterocycles. The molecule has 1 aliphatic carbocycles. The second-order valence-electron chi connectivity index (χ2n) is 9.29. The summed E-state index contributed by atoms with van der Waals surface area (Å²) in [6.07, 6.45) is 1.47. The van der Waals surface area contributed by atoms with Crippen LogP contribution in [-0.4, -0.2) is 37.5 Å². The number of hydrogen-bond donors (Lipinski definition) is 0. The van der Waals surface area contributed by atoms with Crippen molar-refractivity contribution in [1.29, 1.82) is 0 Å². The van der Waals surface area contributed by atoms with Crippen molar-refractivity contribution in [3.05, 3.63) is 54.1 Å². The van der Waals surface area contributed by atoms with Gasteiger partial charge in [0, 0.05) is 43.8 Å². The second-order valence-corrected chi connectivity index (χ2v) is 9.29. The smallest absolute Gasteiger partial charge is 0.248 e. The van der Waals surface area contributed by atoms with E-state index in [0.29, 0.717) is 13.0 Å². The van der Waals surface area contributed by atoms with Gasteiger partial charge in [0.2, 0.25) is 5.92 Å². The number of Topliss-reactive ketones (excluding diaryl/α,β-unsaturated/α-hetero) is 1. The molecule has 4 nitrogen and oxygen atoms in total. The monoisotopic (exact) mass is 443 g/mol. The summed E-state index contributed by atoms with van der Waals surface area (Å²) in [7, 11) is 0. The molecule has 32 heavy (non-hydrogen) atoms. The molecule has 6 heteroatoms. The van der Waals surface area contributed by atoms with Gasteiger partial charge in [0.1, 0.15) is 23.4 Å². The molecule has 1 saturated heterocycles. The van der Waals surface area contributed by atoms with E-state index in [0.717, 1.165) is 42.3 Å². The van der Waals surface area contributed by atoms with E-state index in [9.17, 15) is 13.6 Å². The van der Waals surface area contributed by atoms with Gasteiger partial charge in [0.25, 0.3) is 0 Å². The molecular formula is C26H31F2NO3. The van der Waals surface area contributed by atoms with Crippen molar-refractivity contribution in [1.82, 2.24) is 0 Å². The zero-order chi connectivity index (χ0) is 22.7. The zero-order valence-corrected chi connectivity index (χ0v) is 18.7. The zero-order valence-electron chi connectivity index (χ0n) is 18.7. The van der Waals surface area contributed by atoms with Crippen LogP contribution in [0, 0.1) is 5.92 Å². The van der Waals surface area contributed by atoms with E-state index < -0.39 is 5.92 Å². The number of ether oxygens (including phenoxy) is 2. The van der Waals surface area contributed by atoms with Crippen LogP contribution in [0.2, 0.25) is 0 Å². The predicted molar refractivity (Wildman–Crippen MR) is 121 cm³/mol. The number of carbonyl (C=O) groups is 1. The Hall–Kier alpha value is -2.63. The largest absolute Gasteiger partial charge is 0.493 e. The lowest BCUT2D eigenvalue weighted by atomic mass is 9.82. The summed E-state index contributed by atoms with van der Waals surface area (Å²) in [5, 5.41) is 0. The van der Waals surface area contributed by atoms with Crippen LogP contribution in [0.3, 0.4) is 0 Å². The van der Waals surface area contributed by atoms with Crippen LogP contribution in [0.25, 0.3) is 0 Å². The Morgan fingerprint density at radius 1 is 1.09 bits per heavy atom. The molecular weight excluding hydrogens is 412 g/mol. The summed E-state index contributed by atoms with van der Waals surface area (Å²) in [6, 6.07) is 15.9. The van der Waals surface area contributed by atoms with Gasteiger partial charge in [0.05, 0.1) is 13.2 Å². The molecule has 2 aromatic carbocycles. The first-order valence-corrected chi connectivity index (χ1v) is 11.4. The lowest BCUT2D eigenvalue weighted by Gasteiger charge is -2.34. The van der Waals surface area contributed by atoms with Gasteiger partial charge in [-0.15, -0.1) is 0 Å². The van der Waals surface area contributed by atoms with Gasteiger partial charge < -0.3 is 19.2 Å². The SMILES string of the molecule is CC(=O)C[C@@H](C)c1ccc(OC2CCN(c3ccc(OCC4CC(F)(F)C4)cc3)C2)cc1. The minimum atomic E-state index is -2.50. The number of ketones is 1. The van der Waals surface area contributed by atoms with Crippen molar-refractivity contribution in [2.45, 2.75) is 57.5 Å². The minimum Gasteiger partial charge on any atom is -0.493 e. The molecule has 172 valence electrons. The number of halogens is 2. The first-order chi connectivity index (χ1) is 15.3. The number of alkyl halides is 2. The molecule has 2 aromatic rings. The first-order valence-electron chi connectivity index (χ1n) is 11.4. The van der Waals surface area contributed by atoms with E-state index >= 15 is 0 Å². The van der Waals surface area contributed by atoms with Crippen molar-refractivity contribution < 1.29 is 23.0 Å². The molecule has 4 rings (SSSR count). The Balaban J connectivity index is 1.24. The molecule has 1 unspecified atom stereocenters. The molecule has 2 fully saturated rings.